The Bertz CT molecular complexity index is 919. The number of hydrogen-bond donors (Lipinski definition) is 1. The van der Waals surface area contributed by atoms with E-state index in [0.717, 1.165) is 41.7 Å². The van der Waals surface area contributed by atoms with E-state index in [0.29, 0.717) is 0 Å². The van der Waals surface area contributed by atoms with E-state index < -0.39 is 0 Å². The van der Waals surface area contributed by atoms with Crippen LogP contribution < -0.4 is 5.73 Å². The van der Waals surface area contributed by atoms with E-state index in [1.54, 1.807) is 29.3 Å². The van der Waals surface area contributed by atoms with Crippen molar-refractivity contribution < 1.29 is 8.78 Å². The van der Waals surface area contributed by atoms with Gasteiger partial charge in [-0.1, -0.05) is 24.3 Å². The third-order valence-corrected chi connectivity index (χ3v) is 5.34. The maximum absolute atomic E-state index is 13.4. The summed E-state index contributed by atoms with van der Waals surface area (Å²) in [5.74, 6) is -0.398. The van der Waals surface area contributed by atoms with Gasteiger partial charge >= 0.3 is 0 Å². The average molecular weight is 383 g/mol. The molecule has 3 nitrogen and oxygen atoms in total. The van der Waals surface area contributed by atoms with E-state index in [1.165, 1.54) is 24.3 Å². The van der Waals surface area contributed by atoms with Crippen molar-refractivity contribution in [2.75, 3.05) is 0 Å². The second-order valence-electron chi connectivity index (χ2n) is 6.88. The molecule has 1 aliphatic heterocycles. The number of nitrogens with two attached hydrogens (primary N) is 1. The van der Waals surface area contributed by atoms with Crippen LogP contribution in [0.3, 0.4) is 0 Å². The summed E-state index contributed by atoms with van der Waals surface area (Å²) >= 11 is 5.22. The van der Waals surface area contributed by atoms with Gasteiger partial charge in [0, 0.05) is 5.92 Å². The standard InChI is InChI=1S/C21H19F2N3S/c22-16-8-4-13(5-9-16)12-15-2-1-3-18-19(15)25-26(21(24)27)20(18)14-6-10-17(23)11-7-14/h4-12,18,20H,1-3H2,(H2,24,27)/b15-12+/t18-,20-/m0/s1. The molecule has 6 heteroatoms. The van der Waals surface area contributed by atoms with Crippen molar-refractivity contribution in [3.8, 4) is 0 Å². The molecule has 2 atom stereocenters. The molecule has 27 heavy (non-hydrogen) atoms. The monoisotopic (exact) mass is 383 g/mol. The second kappa shape index (κ2) is 7.19. The molecule has 1 aliphatic carbocycles. The van der Waals surface area contributed by atoms with E-state index in [9.17, 15) is 8.78 Å². The molecule has 1 heterocycles. The Hall–Kier alpha value is -2.60. The molecule has 4 rings (SSSR count). The Kier molecular flexibility index (Phi) is 4.74. The molecule has 2 aromatic carbocycles. The molecule has 0 unspecified atom stereocenters. The van der Waals surface area contributed by atoms with Crippen LogP contribution in [-0.4, -0.2) is 15.8 Å². The van der Waals surface area contributed by atoms with Crippen LogP contribution in [0.5, 0.6) is 0 Å². The molecule has 1 saturated carbocycles. The predicted molar refractivity (Wildman–Crippen MR) is 107 cm³/mol. The molecule has 2 aromatic rings. The minimum atomic E-state index is -0.277. The molecule has 1 fully saturated rings. The van der Waals surface area contributed by atoms with Gasteiger partial charge in [-0.25, -0.2) is 13.8 Å². The Labute approximate surface area is 162 Å². The molecule has 0 saturated heterocycles. The molecule has 0 aromatic heterocycles. The molecule has 2 N–H and O–H groups in total. The Morgan fingerprint density at radius 2 is 1.70 bits per heavy atom. The van der Waals surface area contributed by atoms with Crippen molar-refractivity contribution in [3.05, 3.63) is 76.9 Å². The highest BCUT2D eigenvalue weighted by Crippen LogP contribution is 2.44. The fraction of sp³-hybridized carbons (Fsp3) is 0.238. The molecule has 0 bridgehead atoms. The highest BCUT2D eigenvalue weighted by molar-refractivity contribution is 7.80. The van der Waals surface area contributed by atoms with Gasteiger partial charge in [0.05, 0.1) is 11.8 Å². The smallest absolute Gasteiger partial charge is 0.187 e. The summed E-state index contributed by atoms with van der Waals surface area (Å²) in [5.41, 5.74) is 9.89. The molecule has 0 spiro atoms. The molecule has 2 aliphatic rings. The third-order valence-electron chi connectivity index (χ3n) is 5.15. The van der Waals surface area contributed by atoms with Crippen LogP contribution in [0.4, 0.5) is 8.78 Å². The minimum absolute atomic E-state index is 0.130. The fourth-order valence-corrected chi connectivity index (χ4v) is 4.09. The lowest BCUT2D eigenvalue weighted by Gasteiger charge is -2.29. The van der Waals surface area contributed by atoms with Gasteiger partial charge < -0.3 is 5.73 Å². The molecule has 138 valence electrons. The fourth-order valence-electron chi connectivity index (χ4n) is 3.94. The van der Waals surface area contributed by atoms with Crippen molar-refractivity contribution in [1.29, 1.82) is 0 Å². The second-order valence-corrected chi connectivity index (χ2v) is 7.30. The molecule has 0 amide bonds. The number of thiocarbonyl (C=S) groups is 1. The maximum Gasteiger partial charge on any atom is 0.187 e. The van der Waals surface area contributed by atoms with Crippen molar-refractivity contribution in [2.24, 2.45) is 16.8 Å². The van der Waals surface area contributed by atoms with Gasteiger partial charge in [-0.05, 0) is 78.5 Å². The summed E-state index contributed by atoms with van der Waals surface area (Å²) in [4.78, 5) is 0. The van der Waals surface area contributed by atoms with Crippen LogP contribution in [0.1, 0.15) is 36.4 Å². The molecular weight excluding hydrogens is 364 g/mol. The first-order chi connectivity index (χ1) is 13.0. The van der Waals surface area contributed by atoms with Gasteiger partial charge in [0.1, 0.15) is 11.6 Å². The Balaban J connectivity index is 1.72. The van der Waals surface area contributed by atoms with Gasteiger partial charge in [-0.15, -0.1) is 0 Å². The number of allylic oxidation sites excluding steroid dienone is 1. The van der Waals surface area contributed by atoms with Crippen LogP contribution in [0, 0.1) is 17.6 Å². The number of halogens is 2. The highest BCUT2D eigenvalue weighted by Gasteiger charge is 2.42. The first kappa shape index (κ1) is 17.8. The molecule has 0 radical (unpaired) electrons. The van der Waals surface area contributed by atoms with Gasteiger partial charge in [0.15, 0.2) is 5.11 Å². The number of nitrogens with zero attached hydrogens (tertiary/aromatic N) is 2. The number of hydrazone groups is 1. The number of fused-ring (bicyclic) bond motifs is 1. The van der Waals surface area contributed by atoms with Gasteiger partial charge in [-0.2, -0.15) is 5.10 Å². The van der Waals surface area contributed by atoms with Gasteiger partial charge in [0.2, 0.25) is 0 Å². The largest absolute Gasteiger partial charge is 0.375 e. The van der Waals surface area contributed by atoms with Gasteiger partial charge in [0.25, 0.3) is 0 Å². The zero-order valence-corrected chi connectivity index (χ0v) is 15.4. The lowest BCUT2D eigenvalue weighted by atomic mass is 9.77. The van der Waals surface area contributed by atoms with Crippen LogP contribution in [0.25, 0.3) is 6.08 Å². The minimum Gasteiger partial charge on any atom is -0.375 e. The summed E-state index contributed by atoms with van der Waals surface area (Å²) in [5, 5.41) is 6.61. The van der Waals surface area contributed by atoms with Gasteiger partial charge in [-0.3, -0.25) is 0 Å². The summed E-state index contributed by atoms with van der Waals surface area (Å²) in [6, 6.07) is 12.7. The quantitative estimate of drug-likeness (QED) is 0.757. The van der Waals surface area contributed by atoms with E-state index >= 15 is 0 Å². The van der Waals surface area contributed by atoms with E-state index in [2.05, 4.69) is 6.08 Å². The summed E-state index contributed by atoms with van der Waals surface area (Å²) in [6.45, 7) is 0. The topological polar surface area (TPSA) is 41.6 Å². The predicted octanol–water partition coefficient (Wildman–Crippen LogP) is 4.80. The first-order valence-corrected chi connectivity index (χ1v) is 9.33. The number of rotatable bonds is 2. The van der Waals surface area contributed by atoms with Crippen LogP contribution >= 0.6 is 12.2 Å². The zero-order valence-electron chi connectivity index (χ0n) is 14.6. The highest BCUT2D eigenvalue weighted by atomic mass is 32.1. The number of benzene rings is 2. The number of hydrogen-bond acceptors (Lipinski definition) is 2. The van der Waals surface area contributed by atoms with Crippen molar-refractivity contribution >= 4 is 29.1 Å². The SMILES string of the molecule is NC(=S)N1N=C2/C(=C/c3ccc(F)cc3)CCC[C@@H]2[C@@H]1c1ccc(F)cc1. The van der Waals surface area contributed by atoms with E-state index in [-0.39, 0.29) is 28.7 Å². The normalized spacial score (nSPS) is 23.3. The summed E-state index contributed by atoms with van der Waals surface area (Å²) in [6.07, 6.45) is 4.92. The maximum atomic E-state index is 13.4. The summed E-state index contributed by atoms with van der Waals surface area (Å²) < 4.78 is 26.5. The summed E-state index contributed by atoms with van der Waals surface area (Å²) in [7, 11) is 0. The van der Waals surface area contributed by atoms with E-state index in [1.807, 2.05) is 0 Å². The van der Waals surface area contributed by atoms with E-state index in [4.69, 9.17) is 23.1 Å². The lowest BCUT2D eigenvalue weighted by molar-refractivity contribution is 0.305. The molecular formula is C21H19F2N3S. The van der Waals surface area contributed by atoms with Crippen LogP contribution in [-0.2, 0) is 0 Å². The van der Waals surface area contributed by atoms with Crippen LogP contribution in [0.15, 0.2) is 59.2 Å². The van der Waals surface area contributed by atoms with Crippen molar-refractivity contribution in [3.63, 3.8) is 0 Å². The Morgan fingerprint density at radius 1 is 1.07 bits per heavy atom. The average Bonchev–Trinajstić information content (AvgIpc) is 3.05. The first-order valence-electron chi connectivity index (χ1n) is 8.92. The van der Waals surface area contributed by atoms with Crippen LogP contribution in [0.2, 0.25) is 0 Å². The third kappa shape index (κ3) is 3.49. The Morgan fingerprint density at radius 3 is 2.33 bits per heavy atom. The lowest BCUT2D eigenvalue weighted by Crippen LogP contribution is -2.34. The zero-order chi connectivity index (χ0) is 19.0. The van der Waals surface area contributed by atoms with Crippen molar-refractivity contribution in [1.82, 2.24) is 5.01 Å². The van der Waals surface area contributed by atoms with Crippen molar-refractivity contribution in [2.45, 2.75) is 25.3 Å².